The number of benzene rings is 3. The second kappa shape index (κ2) is 9.03. The van der Waals surface area contributed by atoms with Crippen LogP contribution >= 0.6 is 0 Å². The number of nitrogens with zero attached hydrogens (tertiary/aromatic N) is 3. The van der Waals surface area contributed by atoms with Gasteiger partial charge in [-0.2, -0.15) is 4.98 Å². The first-order valence-electron chi connectivity index (χ1n) is 10.4. The minimum atomic E-state index is -0.928. The average Bonchev–Trinajstić information content (AvgIpc) is 2.79. The van der Waals surface area contributed by atoms with Crippen molar-refractivity contribution in [2.45, 2.75) is 19.4 Å². The van der Waals surface area contributed by atoms with Crippen molar-refractivity contribution >= 4 is 34.2 Å². The third-order valence-corrected chi connectivity index (χ3v) is 5.41. The molecule has 0 fully saturated rings. The highest BCUT2D eigenvalue weighted by atomic mass is 16.4. The molecule has 0 amide bonds. The summed E-state index contributed by atoms with van der Waals surface area (Å²) in [6.45, 7) is 2.77. The molecule has 7 heteroatoms. The van der Waals surface area contributed by atoms with Gasteiger partial charge in [0.25, 0.3) is 0 Å². The Morgan fingerprint density at radius 1 is 1.03 bits per heavy atom. The number of fused-ring (bicyclic) bond motifs is 1. The Balaban J connectivity index is 1.71. The van der Waals surface area contributed by atoms with Crippen molar-refractivity contribution in [1.29, 1.82) is 0 Å². The van der Waals surface area contributed by atoms with E-state index >= 15 is 0 Å². The first-order valence-corrected chi connectivity index (χ1v) is 10.4. The van der Waals surface area contributed by atoms with E-state index in [9.17, 15) is 4.79 Å². The van der Waals surface area contributed by atoms with Gasteiger partial charge in [0.05, 0.1) is 17.8 Å². The normalized spacial score (nSPS) is 11.9. The number of carboxylic acids is 1. The smallest absolute Gasteiger partial charge is 0.305 e. The molecule has 1 aromatic heterocycles. The fourth-order valence-electron chi connectivity index (χ4n) is 3.85. The number of hydrogen-bond donors (Lipinski definition) is 3. The lowest BCUT2D eigenvalue weighted by Gasteiger charge is -2.24. The summed E-state index contributed by atoms with van der Waals surface area (Å²) in [4.78, 5) is 21.9. The molecule has 1 heterocycles. The zero-order valence-corrected chi connectivity index (χ0v) is 17.8. The summed E-state index contributed by atoms with van der Waals surface area (Å²) in [5.41, 5.74) is 15.4. The van der Waals surface area contributed by atoms with Crippen molar-refractivity contribution < 1.29 is 9.90 Å². The van der Waals surface area contributed by atoms with Crippen LogP contribution in [0.15, 0.2) is 72.8 Å². The molecule has 0 bridgehead atoms. The Hall–Kier alpha value is -3.97. The largest absolute Gasteiger partial charge is 0.481 e. The number of aliphatic carboxylic acids is 1. The van der Waals surface area contributed by atoms with E-state index in [1.807, 2.05) is 48.5 Å². The third-order valence-electron chi connectivity index (χ3n) is 5.41. The number of nitrogen functional groups attached to an aromatic ring is 1. The van der Waals surface area contributed by atoms with E-state index in [2.05, 4.69) is 46.1 Å². The Morgan fingerprint density at radius 2 is 1.75 bits per heavy atom. The number of carbonyl (C=O) groups is 1. The highest BCUT2D eigenvalue weighted by Crippen LogP contribution is 2.33. The Labute approximate surface area is 186 Å². The topological polar surface area (TPSA) is 118 Å². The number of anilines is 3. The summed E-state index contributed by atoms with van der Waals surface area (Å²) in [5, 5.41) is 11.2. The molecule has 162 valence electrons. The predicted molar refractivity (Wildman–Crippen MR) is 128 cm³/mol. The van der Waals surface area contributed by atoms with E-state index in [-0.39, 0.29) is 12.4 Å². The summed E-state index contributed by atoms with van der Waals surface area (Å²) in [6.07, 6.45) is -0.125. The van der Waals surface area contributed by atoms with Crippen LogP contribution in [0.25, 0.3) is 22.0 Å². The van der Waals surface area contributed by atoms with Crippen LogP contribution in [0, 0.1) is 0 Å². The molecular weight excluding hydrogens is 402 g/mol. The molecule has 7 nitrogen and oxygen atoms in total. The van der Waals surface area contributed by atoms with E-state index < -0.39 is 12.0 Å². The maximum absolute atomic E-state index is 10.9. The molecule has 32 heavy (non-hydrogen) atoms. The molecule has 1 unspecified atom stereocenters. The summed E-state index contributed by atoms with van der Waals surface area (Å²) >= 11 is 0. The predicted octanol–water partition coefficient (Wildman–Crippen LogP) is 4.51. The quantitative estimate of drug-likeness (QED) is 0.397. The minimum absolute atomic E-state index is 0.125. The van der Waals surface area contributed by atoms with Crippen molar-refractivity contribution in [2.75, 3.05) is 17.2 Å². The summed E-state index contributed by atoms with van der Waals surface area (Å²) in [7, 11) is 0. The van der Waals surface area contributed by atoms with Gasteiger partial charge in [0.2, 0.25) is 5.95 Å². The lowest BCUT2D eigenvalue weighted by atomic mass is 10.0. The Kier molecular flexibility index (Phi) is 6.00. The molecule has 0 aliphatic heterocycles. The van der Waals surface area contributed by atoms with Gasteiger partial charge in [0, 0.05) is 29.6 Å². The molecule has 0 saturated heterocycles. The second-order valence-corrected chi connectivity index (χ2v) is 7.54. The monoisotopic (exact) mass is 427 g/mol. The number of hydrogen-bond acceptors (Lipinski definition) is 6. The summed E-state index contributed by atoms with van der Waals surface area (Å²) in [6, 6.07) is 23.2. The molecule has 0 spiro atoms. The van der Waals surface area contributed by atoms with Crippen molar-refractivity contribution in [3.05, 3.63) is 78.4 Å². The summed E-state index contributed by atoms with van der Waals surface area (Å²) < 4.78 is 0. The standard InChI is InChI=1S/C25H25N5O2/c1-2-30(22-9-5-7-16-6-3-4-8-19(16)22)23-15-21(28-25(27)29-23)18-12-10-17(11-13-18)20(26)14-24(31)32/h3-13,15,20H,2,14,26H2,1H3,(H,31,32)(H2,27,28,29). The lowest BCUT2D eigenvalue weighted by molar-refractivity contribution is -0.137. The maximum atomic E-state index is 10.9. The van der Waals surface area contributed by atoms with E-state index in [4.69, 9.17) is 16.6 Å². The van der Waals surface area contributed by atoms with Gasteiger partial charge in [-0.1, -0.05) is 60.7 Å². The SMILES string of the molecule is CCN(c1cc(-c2ccc(C(N)CC(=O)O)cc2)nc(N)n1)c1cccc2ccccc12. The van der Waals surface area contributed by atoms with Crippen LogP contribution < -0.4 is 16.4 Å². The van der Waals surface area contributed by atoms with E-state index in [0.717, 1.165) is 27.6 Å². The molecule has 0 aliphatic rings. The van der Waals surface area contributed by atoms with Crippen LogP contribution in [0.5, 0.6) is 0 Å². The highest BCUT2D eigenvalue weighted by molar-refractivity contribution is 5.96. The number of aromatic nitrogens is 2. The average molecular weight is 428 g/mol. The van der Waals surface area contributed by atoms with Crippen LogP contribution in [0.2, 0.25) is 0 Å². The number of rotatable bonds is 7. The van der Waals surface area contributed by atoms with Crippen molar-refractivity contribution in [3.63, 3.8) is 0 Å². The lowest BCUT2D eigenvalue weighted by Crippen LogP contribution is -2.18. The van der Waals surface area contributed by atoms with Crippen LogP contribution in [-0.4, -0.2) is 27.6 Å². The van der Waals surface area contributed by atoms with E-state index in [0.29, 0.717) is 18.1 Å². The molecule has 0 radical (unpaired) electrons. The second-order valence-electron chi connectivity index (χ2n) is 7.54. The van der Waals surface area contributed by atoms with Gasteiger partial charge in [-0.15, -0.1) is 0 Å². The molecule has 5 N–H and O–H groups in total. The molecular formula is C25H25N5O2. The molecule has 1 atom stereocenters. The Bertz CT molecular complexity index is 1250. The van der Waals surface area contributed by atoms with Gasteiger partial charge in [-0.05, 0) is 23.9 Å². The fraction of sp³-hybridized carbons (Fsp3) is 0.160. The maximum Gasteiger partial charge on any atom is 0.305 e. The highest BCUT2D eigenvalue weighted by Gasteiger charge is 2.16. The van der Waals surface area contributed by atoms with Crippen molar-refractivity contribution in [3.8, 4) is 11.3 Å². The molecule has 4 rings (SSSR count). The molecule has 0 aliphatic carbocycles. The van der Waals surface area contributed by atoms with Gasteiger partial charge in [-0.25, -0.2) is 4.98 Å². The minimum Gasteiger partial charge on any atom is -0.481 e. The van der Waals surface area contributed by atoms with E-state index in [1.54, 1.807) is 0 Å². The Morgan fingerprint density at radius 3 is 2.47 bits per heavy atom. The van der Waals surface area contributed by atoms with Crippen molar-refractivity contribution in [1.82, 2.24) is 9.97 Å². The van der Waals surface area contributed by atoms with E-state index in [1.165, 1.54) is 0 Å². The van der Waals surface area contributed by atoms with Gasteiger partial charge in [0.15, 0.2) is 0 Å². The number of carboxylic acid groups (broad SMARTS) is 1. The molecule has 0 saturated carbocycles. The zero-order valence-electron chi connectivity index (χ0n) is 17.8. The van der Waals surface area contributed by atoms with Crippen LogP contribution in [0.4, 0.5) is 17.5 Å². The van der Waals surface area contributed by atoms with Gasteiger partial charge < -0.3 is 21.5 Å². The summed E-state index contributed by atoms with van der Waals surface area (Å²) in [5.74, 6) is -0.0382. The number of nitrogens with two attached hydrogens (primary N) is 2. The third kappa shape index (κ3) is 4.38. The van der Waals surface area contributed by atoms with Crippen molar-refractivity contribution in [2.24, 2.45) is 5.73 Å². The molecule has 3 aromatic carbocycles. The van der Waals surface area contributed by atoms with Gasteiger partial charge >= 0.3 is 5.97 Å². The zero-order chi connectivity index (χ0) is 22.7. The van der Waals surface area contributed by atoms with Gasteiger partial charge in [-0.3, -0.25) is 4.79 Å². The van der Waals surface area contributed by atoms with Gasteiger partial charge in [0.1, 0.15) is 5.82 Å². The fourth-order valence-corrected chi connectivity index (χ4v) is 3.85. The van der Waals surface area contributed by atoms with Crippen LogP contribution in [0.1, 0.15) is 24.9 Å². The van der Waals surface area contributed by atoms with Crippen LogP contribution in [-0.2, 0) is 4.79 Å². The van der Waals surface area contributed by atoms with Crippen LogP contribution in [0.3, 0.4) is 0 Å². The first-order chi connectivity index (χ1) is 15.5. The first kappa shape index (κ1) is 21.3. The molecule has 4 aromatic rings.